The summed E-state index contributed by atoms with van der Waals surface area (Å²) in [5, 5.41) is 0.650. The van der Waals surface area contributed by atoms with Crippen LogP contribution in [0.25, 0.3) is 10.9 Å². The minimum Gasteiger partial charge on any atom is -0.330 e. The molecule has 98 valence electrons. The Bertz CT molecular complexity index is 555. The fraction of sp³-hybridized carbons (Fsp3) is 0.385. The van der Waals surface area contributed by atoms with E-state index in [0.717, 1.165) is 0 Å². The molecule has 2 rings (SSSR count). The molecule has 0 saturated heterocycles. The van der Waals surface area contributed by atoms with Crippen molar-refractivity contribution in [3.63, 3.8) is 0 Å². The van der Waals surface area contributed by atoms with Crippen molar-refractivity contribution in [3.8, 4) is 0 Å². The van der Waals surface area contributed by atoms with Crippen LogP contribution in [0.1, 0.15) is 18.2 Å². The Labute approximate surface area is 103 Å². The Morgan fingerprint density at radius 3 is 2.44 bits per heavy atom. The molecule has 18 heavy (non-hydrogen) atoms. The molecule has 0 atom stereocenters. The highest BCUT2D eigenvalue weighted by atomic mass is 19.4. The molecule has 0 amide bonds. The topological polar surface area (TPSA) is 30.9 Å². The number of nitrogens with zero attached hydrogens (tertiary/aromatic N) is 1. The van der Waals surface area contributed by atoms with Crippen LogP contribution >= 0.6 is 0 Å². The van der Waals surface area contributed by atoms with Crippen LogP contribution in [0.4, 0.5) is 13.2 Å². The number of benzene rings is 1. The van der Waals surface area contributed by atoms with E-state index in [9.17, 15) is 13.2 Å². The van der Waals surface area contributed by atoms with Gasteiger partial charge in [0.2, 0.25) is 0 Å². The Hall–Kier alpha value is -1.49. The van der Waals surface area contributed by atoms with E-state index in [4.69, 9.17) is 5.73 Å². The molecule has 0 radical (unpaired) electrons. The van der Waals surface area contributed by atoms with Gasteiger partial charge in [-0.05, 0) is 31.0 Å². The molecular weight excluding hydrogens is 241 g/mol. The van der Waals surface area contributed by atoms with E-state index in [2.05, 4.69) is 0 Å². The minimum atomic E-state index is -4.39. The van der Waals surface area contributed by atoms with Crippen LogP contribution in [0.2, 0.25) is 0 Å². The second kappa shape index (κ2) is 4.65. The van der Waals surface area contributed by atoms with Gasteiger partial charge in [0.15, 0.2) is 0 Å². The van der Waals surface area contributed by atoms with Crippen molar-refractivity contribution < 1.29 is 13.2 Å². The first-order valence-electron chi connectivity index (χ1n) is 5.89. The summed E-state index contributed by atoms with van der Waals surface area (Å²) in [7, 11) is 0. The lowest BCUT2D eigenvalue weighted by Gasteiger charge is -2.13. The van der Waals surface area contributed by atoms with Crippen molar-refractivity contribution in [3.05, 3.63) is 35.5 Å². The fourth-order valence-corrected chi connectivity index (χ4v) is 2.44. The number of nitrogens with two attached hydrogens (primary N) is 1. The van der Waals surface area contributed by atoms with Crippen LogP contribution in [-0.2, 0) is 19.1 Å². The predicted molar refractivity (Wildman–Crippen MR) is 65.4 cm³/mol. The Morgan fingerprint density at radius 2 is 1.89 bits per heavy atom. The smallest absolute Gasteiger partial charge is 0.330 e. The molecule has 2 aromatic rings. The van der Waals surface area contributed by atoms with Crippen molar-refractivity contribution in [2.75, 3.05) is 6.54 Å². The summed E-state index contributed by atoms with van der Waals surface area (Å²) in [6.45, 7) is 2.08. The molecule has 1 heterocycles. The summed E-state index contributed by atoms with van der Waals surface area (Å²) < 4.78 is 39.9. The summed E-state index contributed by atoms with van der Waals surface area (Å²) in [6.07, 6.45) is -3.59. The molecule has 1 aromatic carbocycles. The summed E-state index contributed by atoms with van der Waals surface area (Å²) in [6, 6.07) is 6.60. The molecule has 1 aromatic heterocycles. The van der Waals surface area contributed by atoms with Crippen molar-refractivity contribution in [2.45, 2.75) is 26.1 Å². The van der Waals surface area contributed by atoms with E-state index in [1.54, 1.807) is 25.1 Å². The Balaban J connectivity index is 2.82. The van der Waals surface area contributed by atoms with Gasteiger partial charge in [0.25, 0.3) is 0 Å². The van der Waals surface area contributed by atoms with Crippen LogP contribution in [0, 0.1) is 0 Å². The van der Waals surface area contributed by atoms with Gasteiger partial charge in [0.1, 0.15) is 0 Å². The van der Waals surface area contributed by atoms with Gasteiger partial charge in [0, 0.05) is 11.1 Å². The minimum absolute atomic E-state index is 0.213. The summed E-state index contributed by atoms with van der Waals surface area (Å²) in [5.74, 6) is 0. The molecule has 2 nitrogen and oxygen atoms in total. The first-order chi connectivity index (χ1) is 8.50. The normalized spacial score (nSPS) is 12.3. The SMILES string of the molecule is CCc1c(CCN)c2ccccc2n1C(F)(F)F. The van der Waals surface area contributed by atoms with Crippen LogP contribution in [0.5, 0.6) is 0 Å². The summed E-state index contributed by atoms with van der Waals surface area (Å²) in [5.41, 5.74) is 6.75. The number of alkyl halides is 3. The third kappa shape index (κ3) is 1.99. The van der Waals surface area contributed by atoms with Gasteiger partial charge in [-0.2, -0.15) is 0 Å². The van der Waals surface area contributed by atoms with Crippen LogP contribution in [0.15, 0.2) is 24.3 Å². The molecule has 0 aliphatic heterocycles. The lowest BCUT2D eigenvalue weighted by Crippen LogP contribution is -2.19. The van der Waals surface area contributed by atoms with Gasteiger partial charge >= 0.3 is 6.30 Å². The number of aromatic nitrogens is 1. The zero-order chi connectivity index (χ0) is 13.3. The zero-order valence-corrected chi connectivity index (χ0v) is 10.1. The molecule has 0 fully saturated rings. The number of fused-ring (bicyclic) bond motifs is 1. The summed E-state index contributed by atoms with van der Waals surface area (Å²) >= 11 is 0. The molecular formula is C13H15F3N2. The van der Waals surface area contributed by atoms with Crippen molar-refractivity contribution in [1.29, 1.82) is 0 Å². The van der Waals surface area contributed by atoms with Crippen molar-refractivity contribution in [1.82, 2.24) is 4.57 Å². The maximum atomic E-state index is 13.2. The molecule has 0 aliphatic rings. The lowest BCUT2D eigenvalue weighted by molar-refractivity contribution is -0.202. The molecule has 0 unspecified atom stereocenters. The number of hydrogen-bond donors (Lipinski definition) is 1. The Kier molecular flexibility index (Phi) is 3.34. The third-order valence-corrected chi connectivity index (χ3v) is 3.07. The maximum Gasteiger partial charge on any atom is 0.489 e. The predicted octanol–water partition coefficient (Wildman–Crippen LogP) is 3.18. The van der Waals surface area contributed by atoms with Crippen molar-refractivity contribution >= 4 is 10.9 Å². The third-order valence-electron chi connectivity index (χ3n) is 3.07. The van der Waals surface area contributed by atoms with Gasteiger partial charge < -0.3 is 5.73 Å². The fourth-order valence-electron chi connectivity index (χ4n) is 2.44. The highest BCUT2D eigenvalue weighted by molar-refractivity contribution is 5.85. The average Bonchev–Trinajstić information content (AvgIpc) is 2.64. The summed E-state index contributed by atoms with van der Waals surface area (Å²) in [4.78, 5) is 0. The van der Waals surface area contributed by atoms with Gasteiger partial charge in [-0.3, -0.25) is 4.57 Å². The molecule has 0 aliphatic carbocycles. The quantitative estimate of drug-likeness (QED) is 0.898. The number of para-hydroxylation sites is 1. The van der Waals surface area contributed by atoms with E-state index in [-0.39, 0.29) is 5.52 Å². The standard InChI is InChI=1S/C13H15F3N2/c1-2-11-10(7-8-17)9-5-3-4-6-12(9)18(11)13(14,15)16/h3-6H,2,7-8,17H2,1H3. The molecule has 0 saturated carbocycles. The van der Waals surface area contributed by atoms with Crippen LogP contribution in [0.3, 0.4) is 0 Å². The maximum absolute atomic E-state index is 13.2. The van der Waals surface area contributed by atoms with Crippen molar-refractivity contribution in [2.24, 2.45) is 5.73 Å². The molecule has 0 spiro atoms. The van der Waals surface area contributed by atoms with Gasteiger partial charge in [-0.1, -0.05) is 25.1 Å². The van der Waals surface area contributed by atoms with Crippen LogP contribution < -0.4 is 5.73 Å². The first-order valence-corrected chi connectivity index (χ1v) is 5.89. The molecule has 2 N–H and O–H groups in total. The van der Waals surface area contributed by atoms with Gasteiger partial charge in [-0.25, -0.2) is 0 Å². The largest absolute Gasteiger partial charge is 0.489 e. The van der Waals surface area contributed by atoms with E-state index >= 15 is 0 Å². The first kappa shape index (κ1) is 13.0. The zero-order valence-electron chi connectivity index (χ0n) is 10.1. The Morgan fingerprint density at radius 1 is 1.22 bits per heavy atom. The lowest BCUT2D eigenvalue weighted by atomic mass is 10.1. The van der Waals surface area contributed by atoms with Gasteiger partial charge in [-0.15, -0.1) is 13.2 Å². The number of hydrogen-bond acceptors (Lipinski definition) is 1. The second-order valence-corrected chi connectivity index (χ2v) is 4.14. The average molecular weight is 256 g/mol. The van der Waals surface area contributed by atoms with Crippen LogP contribution in [-0.4, -0.2) is 11.1 Å². The highest BCUT2D eigenvalue weighted by Gasteiger charge is 2.35. The number of rotatable bonds is 3. The monoisotopic (exact) mass is 256 g/mol. The van der Waals surface area contributed by atoms with E-state index in [0.29, 0.717) is 40.6 Å². The van der Waals surface area contributed by atoms with E-state index < -0.39 is 6.30 Å². The molecule has 0 bridgehead atoms. The second-order valence-electron chi connectivity index (χ2n) is 4.14. The van der Waals surface area contributed by atoms with Gasteiger partial charge in [0.05, 0.1) is 5.52 Å². The highest BCUT2D eigenvalue weighted by Crippen LogP contribution is 2.35. The van der Waals surface area contributed by atoms with E-state index in [1.165, 1.54) is 6.07 Å². The molecule has 5 heteroatoms. The van der Waals surface area contributed by atoms with E-state index in [1.807, 2.05) is 0 Å². The number of halogens is 3.